The van der Waals surface area contributed by atoms with Crippen molar-refractivity contribution < 1.29 is 35.9 Å². The quantitative estimate of drug-likeness (QED) is 0.313. The van der Waals surface area contributed by atoms with Gasteiger partial charge in [0.05, 0.1) is 5.56 Å². The predicted molar refractivity (Wildman–Crippen MR) is 134 cm³/mol. The summed E-state index contributed by atoms with van der Waals surface area (Å²) >= 11 is 0. The summed E-state index contributed by atoms with van der Waals surface area (Å²) in [6.07, 6.45) is -6.26. The molecule has 14 heteroatoms. The van der Waals surface area contributed by atoms with E-state index in [9.17, 15) is 31.1 Å². The second-order valence-corrected chi connectivity index (χ2v) is 9.27. The van der Waals surface area contributed by atoms with Crippen LogP contribution in [0.2, 0.25) is 0 Å². The number of nitrogens with one attached hydrogen (secondary N) is 2. The number of hydrogen-bond acceptors (Lipinski definition) is 7. The van der Waals surface area contributed by atoms with Crippen LogP contribution in [-0.2, 0) is 12.7 Å². The van der Waals surface area contributed by atoms with Gasteiger partial charge in [0.25, 0.3) is 5.91 Å². The van der Waals surface area contributed by atoms with Gasteiger partial charge in [-0.3, -0.25) is 4.79 Å². The summed E-state index contributed by atoms with van der Waals surface area (Å²) in [7, 11) is 0. The monoisotopic (exact) mass is 568 g/mol. The van der Waals surface area contributed by atoms with Crippen molar-refractivity contribution in [1.29, 1.82) is 0 Å². The fraction of sp³-hybridized carbons (Fsp3) is 0.385. The summed E-state index contributed by atoms with van der Waals surface area (Å²) in [4.78, 5) is 26.3. The Hall–Kier alpha value is -4.10. The number of ether oxygens (including phenoxy) is 1. The van der Waals surface area contributed by atoms with Crippen LogP contribution in [-0.4, -0.2) is 51.1 Å². The Morgan fingerprint density at radius 1 is 1.00 bits per heavy atom. The van der Waals surface area contributed by atoms with Crippen molar-refractivity contribution in [3.05, 3.63) is 65.2 Å². The average molecular weight is 569 g/mol. The van der Waals surface area contributed by atoms with Crippen molar-refractivity contribution in [2.75, 3.05) is 23.8 Å². The van der Waals surface area contributed by atoms with E-state index in [0.29, 0.717) is 17.7 Å². The Morgan fingerprint density at radius 3 is 2.40 bits per heavy atom. The van der Waals surface area contributed by atoms with Crippen LogP contribution in [0.1, 0.15) is 47.7 Å². The lowest BCUT2D eigenvalue weighted by molar-refractivity contribution is -0.154. The van der Waals surface area contributed by atoms with Gasteiger partial charge < -0.3 is 20.3 Å². The van der Waals surface area contributed by atoms with Gasteiger partial charge in [-0.25, -0.2) is 0 Å². The molecule has 214 valence electrons. The second-order valence-electron chi connectivity index (χ2n) is 9.27. The lowest BCUT2D eigenvalue weighted by Gasteiger charge is -2.33. The van der Waals surface area contributed by atoms with Gasteiger partial charge in [-0.05, 0) is 62.1 Å². The van der Waals surface area contributed by atoms with E-state index in [1.807, 2.05) is 11.8 Å². The lowest BCUT2D eigenvalue weighted by Crippen LogP contribution is -2.42. The molecule has 1 aliphatic rings. The Labute approximate surface area is 225 Å². The number of nitrogens with zero attached hydrogens (tertiary/aromatic N) is 4. The van der Waals surface area contributed by atoms with Crippen LogP contribution in [0.3, 0.4) is 0 Å². The molecule has 8 nitrogen and oxygen atoms in total. The highest BCUT2D eigenvalue weighted by Gasteiger charge is 2.31. The molecule has 1 unspecified atom stereocenters. The first kappa shape index (κ1) is 28.9. The molecule has 0 aliphatic carbocycles. The molecule has 2 N–H and O–H groups in total. The molecule has 0 spiro atoms. The number of amides is 1. The van der Waals surface area contributed by atoms with E-state index in [0.717, 1.165) is 37.5 Å². The summed E-state index contributed by atoms with van der Waals surface area (Å²) in [6, 6.07) is 10.5. The number of anilines is 3. The normalized spacial score (nSPS) is 16.0. The number of alkyl halides is 6. The van der Waals surface area contributed by atoms with E-state index in [4.69, 9.17) is 0 Å². The minimum absolute atomic E-state index is 0.0444. The Balaban J connectivity index is 1.48. The Morgan fingerprint density at radius 2 is 1.73 bits per heavy atom. The second kappa shape index (κ2) is 12.0. The molecule has 1 fully saturated rings. The molecule has 1 saturated heterocycles. The number of rotatable bonds is 8. The fourth-order valence-corrected chi connectivity index (χ4v) is 4.12. The van der Waals surface area contributed by atoms with Crippen LogP contribution in [0.5, 0.6) is 6.01 Å². The van der Waals surface area contributed by atoms with Gasteiger partial charge in [-0.1, -0.05) is 18.2 Å². The number of benzene rings is 2. The summed E-state index contributed by atoms with van der Waals surface area (Å²) in [5.74, 6) is -0.560. The molecule has 0 saturated carbocycles. The Kier molecular flexibility index (Phi) is 8.64. The maximum absolute atomic E-state index is 13.1. The van der Waals surface area contributed by atoms with Crippen LogP contribution < -0.4 is 15.4 Å². The van der Waals surface area contributed by atoms with Crippen LogP contribution in [0.15, 0.2) is 48.5 Å². The molecule has 1 aliphatic heterocycles. The summed E-state index contributed by atoms with van der Waals surface area (Å²) in [5, 5.41) is 5.38. The van der Waals surface area contributed by atoms with Gasteiger partial charge >= 0.3 is 18.4 Å². The summed E-state index contributed by atoms with van der Waals surface area (Å²) < 4.78 is 81.9. The largest absolute Gasteiger partial charge is 0.454 e. The molecule has 2 heterocycles. The van der Waals surface area contributed by atoms with Crippen LogP contribution in [0, 0.1) is 0 Å². The molecule has 1 atom stereocenters. The minimum atomic E-state index is -4.67. The van der Waals surface area contributed by atoms with Gasteiger partial charge in [-0.2, -0.15) is 41.3 Å². The summed E-state index contributed by atoms with van der Waals surface area (Å²) in [6.45, 7) is 1.18. The van der Waals surface area contributed by atoms with E-state index in [1.165, 1.54) is 6.07 Å². The standard InChI is InChI=1S/C26H26F6N6O2/c1-16-5-2-3-12-38(16)21(39)18-10-8-17(9-11-18)14-33-22-35-23(37-24(36-22)40-15-25(27,28)29)34-20-7-4-6-19(13-20)26(30,31)32/h4,6-11,13,16H,2-3,5,12,14-15H2,1H3,(H2,33,34,35,36,37). The minimum Gasteiger partial charge on any atom is -0.454 e. The van der Waals surface area contributed by atoms with Crippen molar-refractivity contribution in [2.24, 2.45) is 0 Å². The van der Waals surface area contributed by atoms with Crippen LogP contribution >= 0.6 is 0 Å². The topological polar surface area (TPSA) is 92.3 Å². The van der Waals surface area contributed by atoms with E-state index < -0.39 is 30.5 Å². The number of piperidine rings is 1. The third kappa shape index (κ3) is 7.96. The molecule has 0 radical (unpaired) electrons. The smallest absolute Gasteiger partial charge is 0.422 e. The third-order valence-corrected chi connectivity index (χ3v) is 6.14. The third-order valence-electron chi connectivity index (χ3n) is 6.14. The maximum atomic E-state index is 13.1. The van der Waals surface area contributed by atoms with Gasteiger partial charge in [0, 0.05) is 30.4 Å². The number of halogens is 6. The first-order valence-corrected chi connectivity index (χ1v) is 12.4. The molecule has 0 bridgehead atoms. The fourth-order valence-electron chi connectivity index (χ4n) is 4.12. The average Bonchev–Trinajstić information content (AvgIpc) is 2.90. The van der Waals surface area contributed by atoms with Gasteiger partial charge in [0.1, 0.15) is 0 Å². The molecule has 3 aromatic rings. The molecule has 2 aromatic carbocycles. The zero-order valence-corrected chi connectivity index (χ0v) is 21.3. The zero-order valence-electron chi connectivity index (χ0n) is 21.3. The molecular weight excluding hydrogens is 542 g/mol. The van der Waals surface area contributed by atoms with Crippen molar-refractivity contribution in [2.45, 2.75) is 51.1 Å². The van der Waals surface area contributed by atoms with Crippen LogP contribution in [0.4, 0.5) is 43.9 Å². The number of hydrogen-bond donors (Lipinski definition) is 2. The van der Waals surface area contributed by atoms with Gasteiger partial charge in [-0.15, -0.1) is 0 Å². The Bertz CT molecular complexity index is 1320. The first-order valence-electron chi connectivity index (χ1n) is 12.4. The number of likely N-dealkylation sites (tertiary alicyclic amines) is 1. The van der Waals surface area contributed by atoms with E-state index in [2.05, 4.69) is 30.3 Å². The SMILES string of the molecule is CC1CCCCN1C(=O)c1ccc(CNc2nc(Nc3cccc(C(F)(F)F)c3)nc(OCC(F)(F)F)n2)cc1. The maximum Gasteiger partial charge on any atom is 0.422 e. The predicted octanol–water partition coefficient (Wildman–Crippen LogP) is 6.20. The molecular formula is C26H26F6N6O2. The van der Waals surface area contributed by atoms with E-state index in [1.54, 1.807) is 24.3 Å². The highest BCUT2D eigenvalue weighted by atomic mass is 19.4. The molecule has 40 heavy (non-hydrogen) atoms. The lowest BCUT2D eigenvalue weighted by atomic mass is 10.0. The van der Waals surface area contributed by atoms with Crippen molar-refractivity contribution in [3.63, 3.8) is 0 Å². The van der Waals surface area contributed by atoms with Gasteiger partial charge in [0.15, 0.2) is 6.61 Å². The van der Waals surface area contributed by atoms with Crippen molar-refractivity contribution in [3.8, 4) is 6.01 Å². The zero-order chi connectivity index (χ0) is 28.9. The van der Waals surface area contributed by atoms with Crippen molar-refractivity contribution in [1.82, 2.24) is 19.9 Å². The molecule has 1 aromatic heterocycles. The first-order chi connectivity index (χ1) is 18.9. The summed E-state index contributed by atoms with van der Waals surface area (Å²) in [5.41, 5.74) is 0.272. The van der Waals surface area contributed by atoms with Crippen LogP contribution in [0.25, 0.3) is 0 Å². The number of carbonyl (C=O) groups is 1. The number of aromatic nitrogens is 3. The number of carbonyl (C=O) groups excluding carboxylic acids is 1. The van der Waals surface area contributed by atoms with E-state index in [-0.39, 0.29) is 36.1 Å². The molecule has 4 rings (SSSR count). The highest BCUT2D eigenvalue weighted by molar-refractivity contribution is 5.94. The van der Waals surface area contributed by atoms with Crippen molar-refractivity contribution >= 4 is 23.5 Å². The molecule has 1 amide bonds. The van der Waals surface area contributed by atoms with E-state index >= 15 is 0 Å². The highest BCUT2D eigenvalue weighted by Crippen LogP contribution is 2.31. The van der Waals surface area contributed by atoms with Gasteiger partial charge in [0.2, 0.25) is 11.9 Å².